The fraction of sp³-hybridized carbons (Fsp3) is 0.167. The number of aryl methyl sites for hydroxylation is 2. The summed E-state index contributed by atoms with van der Waals surface area (Å²) in [6, 6.07) is 12.9. The summed E-state index contributed by atoms with van der Waals surface area (Å²) in [5, 5.41) is 6.66. The van der Waals surface area contributed by atoms with Gasteiger partial charge in [-0.1, -0.05) is 35.0 Å². The summed E-state index contributed by atoms with van der Waals surface area (Å²) < 4.78 is 5.23. The Labute approximate surface area is 138 Å². The van der Waals surface area contributed by atoms with Gasteiger partial charge in [0.25, 0.3) is 11.5 Å². The molecule has 0 spiro atoms. The van der Waals surface area contributed by atoms with Gasteiger partial charge >= 0.3 is 0 Å². The molecule has 3 aromatic rings. The Bertz CT molecular complexity index is 923. The number of aromatic amines is 1. The summed E-state index contributed by atoms with van der Waals surface area (Å²) in [6.45, 7) is 3.93. The third kappa shape index (κ3) is 3.43. The Balaban J connectivity index is 1.68. The van der Waals surface area contributed by atoms with Crippen LogP contribution in [0.3, 0.4) is 0 Å². The van der Waals surface area contributed by atoms with Gasteiger partial charge in [0, 0.05) is 17.3 Å². The molecule has 0 aliphatic carbocycles. The van der Waals surface area contributed by atoms with Crippen molar-refractivity contribution in [3.05, 3.63) is 75.4 Å². The molecule has 0 aliphatic heterocycles. The molecule has 6 nitrogen and oxygen atoms in total. The first-order chi connectivity index (χ1) is 11.5. The first kappa shape index (κ1) is 15.7. The van der Waals surface area contributed by atoms with Crippen LogP contribution in [0.2, 0.25) is 0 Å². The van der Waals surface area contributed by atoms with E-state index in [9.17, 15) is 9.59 Å². The molecule has 0 fully saturated rings. The maximum atomic E-state index is 12.1. The average molecular weight is 323 g/mol. The number of aromatic nitrogens is 2. The molecule has 0 atom stereocenters. The average Bonchev–Trinajstić information content (AvgIpc) is 3.02. The van der Waals surface area contributed by atoms with Gasteiger partial charge in [-0.05, 0) is 26.0 Å². The topological polar surface area (TPSA) is 88.0 Å². The zero-order valence-corrected chi connectivity index (χ0v) is 13.4. The lowest BCUT2D eigenvalue weighted by Crippen LogP contribution is -2.29. The van der Waals surface area contributed by atoms with Crippen molar-refractivity contribution in [1.29, 1.82) is 0 Å². The molecule has 0 saturated heterocycles. The minimum atomic E-state index is -0.454. The number of hydrogen-bond donors (Lipinski definition) is 2. The van der Waals surface area contributed by atoms with Crippen LogP contribution in [0.25, 0.3) is 11.3 Å². The van der Waals surface area contributed by atoms with Crippen molar-refractivity contribution in [2.75, 3.05) is 0 Å². The van der Waals surface area contributed by atoms with Crippen LogP contribution in [0, 0.1) is 13.8 Å². The largest absolute Gasteiger partial charge is 0.359 e. The van der Waals surface area contributed by atoms with Crippen LogP contribution in [0.15, 0.2) is 51.8 Å². The van der Waals surface area contributed by atoms with Crippen LogP contribution in [0.5, 0.6) is 0 Å². The fourth-order valence-corrected chi connectivity index (χ4v) is 2.27. The molecule has 0 saturated carbocycles. The van der Waals surface area contributed by atoms with Crippen LogP contribution in [0.4, 0.5) is 0 Å². The van der Waals surface area contributed by atoms with E-state index in [2.05, 4.69) is 15.5 Å². The maximum absolute atomic E-state index is 12.1. The highest BCUT2D eigenvalue weighted by Gasteiger charge is 2.12. The second-order valence-corrected chi connectivity index (χ2v) is 5.61. The summed E-state index contributed by atoms with van der Waals surface area (Å²) in [5.41, 5.74) is 3.17. The SMILES string of the molecule is Cc1ccc(-c2cc(CNC(=O)c3ccc(C)[nH]c3=O)on2)cc1. The van der Waals surface area contributed by atoms with Crippen LogP contribution >= 0.6 is 0 Å². The van der Waals surface area contributed by atoms with Crippen LogP contribution < -0.4 is 10.9 Å². The van der Waals surface area contributed by atoms with Crippen molar-refractivity contribution in [3.63, 3.8) is 0 Å². The highest BCUT2D eigenvalue weighted by molar-refractivity contribution is 5.93. The molecule has 2 N–H and O–H groups in total. The standard InChI is InChI=1S/C18H17N3O3/c1-11-3-6-13(7-4-11)16-9-14(24-21-16)10-19-17(22)15-8-5-12(2)20-18(15)23/h3-9H,10H2,1-2H3,(H,19,22)(H,20,23). The van der Waals surface area contributed by atoms with Crippen molar-refractivity contribution in [3.8, 4) is 11.3 Å². The lowest BCUT2D eigenvalue weighted by atomic mass is 10.1. The Kier molecular flexibility index (Phi) is 4.29. The van der Waals surface area contributed by atoms with E-state index >= 15 is 0 Å². The van der Waals surface area contributed by atoms with E-state index in [4.69, 9.17) is 4.52 Å². The monoisotopic (exact) mass is 323 g/mol. The number of H-pyrrole nitrogens is 1. The summed E-state index contributed by atoms with van der Waals surface area (Å²) in [6.07, 6.45) is 0. The molecular weight excluding hydrogens is 306 g/mol. The number of carbonyl (C=O) groups excluding carboxylic acids is 1. The maximum Gasteiger partial charge on any atom is 0.260 e. The predicted octanol–water partition coefficient (Wildman–Crippen LogP) is 2.58. The summed E-state index contributed by atoms with van der Waals surface area (Å²) in [4.78, 5) is 26.4. The van der Waals surface area contributed by atoms with E-state index in [0.717, 1.165) is 11.1 Å². The van der Waals surface area contributed by atoms with E-state index in [-0.39, 0.29) is 12.1 Å². The highest BCUT2D eigenvalue weighted by Crippen LogP contribution is 2.19. The third-order valence-corrected chi connectivity index (χ3v) is 3.63. The number of benzene rings is 1. The minimum Gasteiger partial charge on any atom is -0.359 e. The lowest BCUT2D eigenvalue weighted by molar-refractivity contribution is 0.0945. The smallest absolute Gasteiger partial charge is 0.260 e. The number of nitrogens with one attached hydrogen (secondary N) is 2. The second kappa shape index (κ2) is 6.54. The molecule has 0 unspecified atom stereocenters. The molecular formula is C18H17N3O3. The molecule has 0 aliphatic rings. The van der Waals surface area contributed by atoms with Gasteiger partial charge in [-0.3, -0.25) is 9.59 Å². The number of amides is 1. The molecule has 1 amide bonds. The predicted molar refractivity (Wildman–Crippen MR) is 89.6 cm³/mol. The van der Waals surface area contributed by atoms with Gasteiger partial charge in [0.2, 0.25) is 0 Å². The zero-order valence-electron chi connectivity index (χ0n) is 13.4. The number of carbonyl (C=O) groups is 1. The number of rotatable bonds is 4. The van der Waals surface area contributed by atoms with Crippen molar-refractivity contribution < 1.29 is 9.32 Å². The van der Waals surface area contributed by atoms with Gasteiger partial charge in [-0.2, -0.15) is 0 Å². The molecule has 1 aromatic carbocycles. The number of hydrogen-bond acceptors (Lipinski definition) is 4. The Hall–Kier alpha value is -3.15. The van der Waals surface area contributed by atoms with Crippen molar-refractivity contribution in [1.82, 2.24) is 15.5 Å². The highest BCUT2D eigenvalue weighted by atomic mass is 16.5. The molecule has 0 radical (unpaired) electrons. The molecule has 6 heteroatoms. The molecule has 122 valence electrons. The minimum absolute atomic E-state index is 0.0684. The van der Waals surface area contributed by atoms with Crippen LogP contribution in [-0.2, 0) is 6.54 Å². The first-order valence-corrected chi connectivity index (χ1v) is 7.54. The van der Waals surface area contributed by atoms with Crippen molar-refractivity contribution in [2.45, 2.75) is 20.4 Å². The van der Waals surface area contributed by atoms with Gasteiger partial charge in [0.05, 0.1) is 6.54 Å². The molecule has 2 heterocycles. The Morgan fingerprint density at radius 2 is 1.92 bits per heavy atom. The number of nitrogens with zero attached hydrogens (tertiary/aromatic N) is 1. The van der Waals surface area contributed by atoms with Crippen LogP contribution in [-0.4, -0.2) is 16.0 Å². The summed E-state index contributed by atoms with van der Waals surface area (Å²) in [7, 11) is 0. The normalized spacial score (nSPS) is 10.6. The fourth-order valence-electron chi connectivity index (χ4n) is 2.27. The molecule has 3 rings (SSSR count). The molecule has 24 heavy (non-hydrogen) atoms. The van der Waals surface area contributed by atoms with Gasteiger partial charge in [0.1, 0.15) is 11.3 Å². The number of pyridine rings is 1. The Morgan fingerprint density at radius 1 is 1.17 bits per heavy atom. The Morgan fingerprint density at radius 3 is 2.62 bits per heavy atom. The third-order valence-electron chi connectivity index (χ3n) is 3.63. The molecule has 0 bridgehead atoms. The summed E-state index contributed by atoms with van der Waals surface area (Å²) in [5.74, 6) is 0.0620. The quantitative estimate of drug-likeness (QED) is 0.772. The van der Waals surface area contributed by atoms with Gasteiger partial charge < -0.3 is 14.8 Å². The van der Waals surface area contributed by atoms with Crippen molar-refractivity contribution in [2.24, 2.45) is 0 Å². The van der Waals surface area contributed by atoms with E-state index < -0.39 is 11.5 Å². The van der Waals surface area contributed by atoms with E-state index in [1.807, 2.05) is 31.2 Å². The van der Waals surface area contributed by atoms with Gasteiger partial charge in [-0.25, -0.2) is 0 Å². The van der Waals surface area contributed by atoms with E-state index in [1.54, 1.807) is 19.1 Å². The first-order valence-electron chi connectivity index (χ1n) is 7.54. The van der Waals surface area contributed by atoms with E-state index in [1.165, 1.54) is 6.07 Å². The van der Waals surface area contributed by atoms with Crippen LogP contribution in [0.1, 0.15) is 27.4 Å². The lowest BCUT2D eigenvalue weighted by Gasteiger charge is -2.02. The van der Waals surface area contributed by atoms with E-state index in [0.29, 0.717) is 17.1 Å². The molecule has 2 aromatic heterocycles. The van der Waals surface area contributed by atoms with Gasteiger partial charge in [0.15, 0.2) is 5.76 Å². The second-order valence-electron chi connectivity index (χ2n) is 5.61. The van der Waals surface area contributed by atoms with Gasteiger partial charge in [-0.15, -0.1) is 0 Å². The summed E-state index contributed by atoms with van der Waals surface area (Å²) >= 11 is 0. The zero-order chi connectivity index (χ0) is 17.1. The van der Waals surface area contributed by atoms with Crippen molar-refractivity contribution >= 4 is 5.91 Å².